The van der Waals surface area contributed by atoms with E-state index in [1.807, 2.05) is 0 Å². The van der Waals surface area contributed by atoms with Crippen molar-refractivity contribution in [1.82, 2.24) is 0 Å². The fourth-order valence-corrected chi connectivity index (χ4v) is 2.03. The maximum Gasteiger partial charge on any atom is 0.201 e. The van der Waals surface area contributed by atoms with E-state index in [9.17, 15) is 8.78 Å². The van der Waals surface area contributed by atoms with Crippen molar-refractivity contribution >= 4 is 15.9 Å². The molecule has 2 rings (SSSR count). The summed E-state index contributed by atoms with van der Waals surface area (Å²) in [6.45, 7) is 1.79. The van der Waals surface area contributed by atoms with Gasteiger partial charge in [-0.1, -0.05) is 22.0 Å². The van der Waals surface area contributed by atoms with Crippen LogP contribution in [0.5, 0.6) is 11.5 Å². The highest BCUT2D eigenvalue weighted by atomic mass is 79.9. The number of hydrogen-bond donors (Lipinski definition) is 1. The predicted octanol–water partition coefficient (Wildman–Crippen LogP) is 4.54. The molecule has 5 heteroatoms. The Labute approximate surface area is 118 Å². The average Bonchev–Trinajstić information content (AvgIpc) is 2.36. The molecule has 1 atom stereocenters. The lowest BCUT2D eigenvalue weighted by molar-refractivity contribution is 0.411. The van der Waals surface area contributed by atoms with Gasteiger partial charge < -0.3 is 10.5 Å². The van der Waals surface area contributed by atoms with E-state index in [1.165, 1.54) is 12.1 Å². The summed E-state index contributed by atoms with van der Waals surface area (Å²) in [7, 11) is 0. The lowest BCUT2D eigenvalue weighted by Gasteiger charge is -2.14. The van der Waals surface area contributed by atoms with Gasteiger partial charge in [-0.25, -0.2) is 4.39 Å². The van der Waals surface area contributed by atoms with Crippen molar-refractivity contribution in [1.29, 1.82) is 0 Å². The Balaban J connectivity index is 2.41. The van der Waals surface area contributed by atoms with E-state index >= 15 is 0 Å². The smallest absolute Gasteiger partial charge is 0.201 e. The molecule has 2 nitrogen and oxygen atoms in total. The quantitative estimate of drug-likeness (QED) is 0.898. The lowest BCUT2D eigenvalue weighted by atomic mass is 10.1. The summed E-state index contributed by atoms with van der Waals surface area (Å²) < 4.78 is 32.9. The summed E-state index contributed by atoms with van der Waals surface area (Å²) in [4.78, 5) is 0. The van der Waals surface area contributed by atoms with E-state index < -0.39 is 11.6 Å². The van der Waals surface area contributed by atoms with Crippen LogP contribution in [0.25, 0.3) is 0 Å². The van der Waals surface area contributed by atoms with E-state index in [2.05, 4.69) is 15.9 Å². The highest BCUT2D eigenvalue weighted by Gasteiger charge is 2.14. The Morgan fingerprint density at radius 3 is 2.58 bits per heavy atom. The van der Waals surface area contributed by atoms with Crippen LogP contribution in [0.1, 0.15) is 18.5 Å². The molecule has 0 aliphatic carbocycles. The Morgan fingerprint density at radius 1 is 1.16 bits per heavy atom. The predicted molar refractivity (Wildman–Crippen MR) is 73.2 cm³/mol. The number of benzene rings is 2. The Morgan fingerprint density at radius 2 is 1.89 bits per heavy atom. The van der Waals surface area contributed by atoms with Crippen LogP contribution in [0.4, 0.5) is 8.78 Å². The van der Waals surface area contributed by atoms with E-state index in [-0.39, 0.29) is 11.8 Å². The topological polar surface area (TPSA) is 35.2 Å². The molecule has 2 aromatic carbocycles. The van der Waals surface area contributed by atoms with Crippen molar-refractivity contribution in [3.63, 3.8) is 0 Å². The first-order valence-electron chi connectivity index (χ1n) is 5.66. The van der Waals surface area contributed by atoms with Crippen LogP contribution >= 0.6 is 15.9 Å². The van der Waals surface area contributed by atoms with Crippen LogP contribution in [0.2, 0.25) is 0 Å². The number of hydrogen-bond acceptors (Lipinski definition) is 2. The molecular formula is C14H12BrF2NO. The third kappa shape index (κ3) is 3.11. The van der Waals surface area contributed by atoms with E-state index in [0.717, 1.165) is 10.5 Å². The summed E-state index contributed by atoms with van der Waals surface area (Å²) in [6, 6.07) is 8.70. The summed E-state index contributed by atoms with van der Waals surface area (Å²) in [5, 5.41) is 0. The molecule has 0 aromatic heterocycles. The summed E-state index contributed by atoms with van der Waals surface area (Å²) in [5.74, 6) is -1.72. The Hall–Kier alpha value is -1.46. The largest absolute Gasteiger partial charge is 0.454 e. The molecular weight excluding hydrogens is 316 g/mol. The van der Waals surface area contributed by atoms with Crippen LogP contribution in [0.3, 0.4) is 0 Å². The maximum absolute atomic E-state index is 13.6. The third-order valence-corrected chi connectivity index (χ3v) is 3.09. The van der Waals surface area contributed by atoms with Gasteiger partial charge in [0.15, 0.2) is 11.6 Å². The van der Waals surface area contributed by atoms with Crippen LogP contribution in [0, 0.1) is 11.6 Å². The molecule has 0 heterocycles. The van der Waals surface area contributed by atoms with Gasteiger partial charge in [0.05, 0.1) is 0 Å². The number of halogens is 3. The highest BCUT2D eigenvalue weighted by Crippen LogP contribution is 2.32. The normalized spacial score (nSPS) is 12.3. The van der Waals surface area contributed by atoms with E-state index in [1.54, 1.807) is 25.1 Å². The SMILES string of the molecule is CC(N)c1cc(Br)ccc1Oc1cccc(F)c1F. The first-order chi connectivity index (χ1) is 8.99. The van der Waals surface area contributed by atoms with Gasteiger partial charge in [0, 0.05) is 16.1 Å². The molecule has 0 spiro atoms. The number of rotatable bonds is 3. The molecule has 0 aliphatic rings. The summed E-state index contributed by atoms with van der Waals surface area (Å²) >= 11 is 3.33. The minimum Gasteiger partial charge on any atom is -0.454 e. The van der Waals surface area contributed by atoms with Crippen molar-refractivity contribution < 1.29 is 13.5 Å². The first-order valence-corrected chi connectivity index (χ1v) is 6.45. The zero-order valence-corrected chi connectivity index (χ0v) is 11.7. The summed E-state index contributed by atoms with van der Waals surface area (Å²) in [5.41, 5.74) is 6.54. The maximum atomic E-state index is 13.6. The second-order valence-corrected chi connectivity index (χ2v) is 5.04. The second-order valence-electron chi connectivity index (χ2n) is 4.12. The van der Waals surface area contributed by atoms with Gasteiger partial charge in [0.1, 0.15) is 5.75 Å². The van der Waals surface area contributed by atoms with Crippen LogP contribution in [0.15, 0.2) is 40.9 Å². The van der Waals surface area contributed by atoms with Gasteiger partial charge in [-0.2, -0.15) is 4.39 Å². The Kier molecular flexibility index (Phi) is 4.17. The highest BCUT2D eigenvalue weighted by molar-refractivity contribution is 9.10. The zero-order valence-electron chi connectivity index (χ0n) is 10.2. The zero-order chi connectivity index (χ0) is 14.0. The molecule has 0 fully saturated rings. The third-order valence-electron chi connectivity index (χ3n) is 2.60. The van der Waals surface area contributed by atoms with Crippen molar-refractivity contribution in [3.05, 3.63) is 58.1 Å². The standard InChI is InChI=1S/C14H12BrF2NO/c1-8(18)10-7-9(15)5-6-12(10)19-13-4-2-3-11(16)14(13)17/h2-8H,18H2,1H3. The van der Waals surface area contributed by atoms with Crippen molar-refractivity contribution in [2.24, 2.45) is 5.73 Å². The molecule has 2 N–H and O–H groups in total. The van der Waals surface area contributed by atoms with Crippen molar-refractivity contribution in [2.75, 3.05) is 0 Å². The van der Waals surface area contributed by atoms with Crippen LogP contribution in [-0.4, -0.2) is 0 Å². The van der Waals surface area contributed by atoms with Gasteiger partial charge in [0.25, 0.3) is 0 Å². The molecule has 0 saturated carbocycles. The van der Waals surface area contributed by atoms with E-state index in [4.69, 9.17) is 10.5 Å². The monoisotopic (exact) mass is 327 g/mol. The minimum absolute atomic E-state index is 0.163. The van der Waals surface area contributed by atoms with Gasteiger partial charge >= 0.3 is 0 Å². The molecule has 0 bridgehead atoms. The molecule has 19 heavy (non-hydrogen) atoms. The molecule has 0 aliphatic heterocycles. The second kappa shape index (κ2) is 5.67. The van der Waals surface area contributed by atoms with Crippen LogP contribution < -0.4 is 10.5 Å². The molecule has 1 unspecified atom stereocenters. The van der Waals surface area contributed by atoms with Gasteiger partial charge in [-0.15, -0.1) is 0 Å². The fourth-order valence-electron chi connectivity index (χ4n) is 1.65. The van der Waals surface area contributed by atoms with E-state index in [0.29, 0.717) is 11.3 Å². The molecule has 0 radical (unpaired) electrons. The average molecular weight is 328 g/mol. The lowest BCUT2D eigenvalue weighted by Crippen LogP contribution is -2.07. The fraction of sp³-hybridized carbons (Fsp3) is 0.143. The molecule has 0 saturated heterocycles. The minimum atomic E-state index is -1.01. The first kappa shape index (κ1) is 14.0. The van der Waals surface area contributed by atoms with Crippen LogP contribution in [-0.2, 0) is 0 Å². The molecule has 2 aromatic rings. The number of nitrogens with two attached hydrogens (primary N) is 1. The van der Waals surface area contributed by atoms with Gasteiger partial charge in [-0.3, -0.25) is 0 Å². The Bertz CT molecular complexity index is 602. The molecule has 0 amide bonds. The van der Waals surface area contributed by atoms with Gasteiger partial charge in [0.2, 0.25) is 5.82 Å². The number of ether oxygens (including phenoxy) is 1. The van der Waals surface area contributed by atoms with Crippen molar-refractivity contribution in [3.8, 4) is 11.5 Å². The van der Waals surface area contributed by atoms with Gasteiger partial charge in [-0.05, 0) is 37.3 Å². The van der Waals surface area contributed by atoms with Crippen molar-refractivity contribution in [2.45, 2.75) is 13.0 Å². The molecule has 100 valence electrons. The summed E-state index contributed by atoms with van der Waals surface area (Å²) in [6.07, 6.45) is 0.